The lowest BCUT2D eigenvalue weighted by molar-refractivity contribution is 0.647. The van der Waals surface area contributed by atoms with Crippen LogP contribution in [-0.2, 0) is 0 Å². The molecule has 2 unspecified atom stereocenters. The standard InChI is InChI=1S/C27H23Cl3N2S2/c1-16-8-6-9-17(24(16)29)26(31-20-12-2-4-14-22(20)33)27(18-10-7-11-19(28)25(18)30)32-21-13-3-5-15-23(21)34/h2-15,26-27,31-34H,1H3. The van der Waals surface area contributed by atoms with Crippen LogP contribution in [0.15, 0.2) is 94.7 Å². The van der Waals surface area contributed by atoms with Crippen molar-refractivity contribution >= 4 is 71.4 Å². The Hall–Kier alpha value is -1.95. The number of benzene rings is 4. The maximum Gasteiger partial charge on any atom is 0.0773 e. The fraction of sp³-hybridized carbons (Fsp3) is 0.111. The zero-order valence-corrected chi connectivity index (χ0v) is 22.3. The largest absolute Gasteiger partial charge is 0.375 e. The second-order valence-electron chi connectivity index (χ2n) is 7.90. The Morgan fingerprint density at radius 2 is 1.06 bits per heavy atom. The second kappa shape index (κ2) is 11.2. The van der Waals surface area contributed by atoms with Crippen molar-refractivity contribution in [3.05, 3.63) is 117 Å². The van der Waals surface area contributed by atoms with Gasteiger partial charge in [0.2, 0.25) is 0 Å². The van der Waals surface area contributed by atoms with Gasteiger partial charge >= 0.3 is 0 Å². The number of hydrogen-bond donors (Lipinski definition) is 4. The van der Waals surface area contributed by atoms with Gasteiger partial charge in [0.1, 0.15) is 0 Å². The van der Waals surface area contributed by atoms with Crippen LogP contribution < -0.4 is 10.6 Å². The average Bonchev–Trinajstić information content (AvgIpc) is 2.82. The topological polar surface area (TPSA) is 24.1 Å². The summed E-state index contributed by atoms with van der Waals surface area (Å²) in [6.07, 6.45) is 0. The van der Waals surface area contributed by atoms with Crippen LogP contribution in [0.25, 0.3) is 0 Å². The SMILES string of the molecule is Cc1cccc(C(Nc2ccccc2S)C(Nc2ccccc2S)c2cccc(Cl)c2Cl)c1Cl. The Morgan fingerprint density at radius 3 is 1.59 bits per heavy atom. The molecule has 4 rings (SSSR count). The summed E-state index contributed by atoms with van der Waals surface area (Å²) in [6, 6.07) is 26.6. The fourth-order valence-corrected chi connectivity index (χ4v) is 5.00. The molecule has 174 valence electrons. The summed E-state index contributed by atoms with van der Waals surface area (Å²) < 4.78 is 0. The van der Waals surface area contributed by atoms with Crippen molar-refractivity contribution in [1.82, 2.24) is 0 Å². The lowest BCUT2D eigenvalue weighted by Crippen LogP contribution is -2.27. The van der Waals surface area contributed by atoms with E-state index in [1.807, 2.05) is 85.8 Å². The van der Waals surface area contributed by atoms with Crippen LogP contribution in [0.2, 0.25) is 15.1 Å². The predicted octanol–water partition coefficient (Wildman–Crippen LogP) is 9.54. The zero-order chi connectivity index (χ0) is 24.2. The number of anilines is 2. The van der Waals surface area contributed by atoms with Crippen molar-refractivity contribution in [2.75, 3.05) is 10.6 Å². The van der Waals surface area contributed by atoms with Crippen LogP contribution in [0.4, 0.5) is 11.4 Å². The first kappa shape index (κ1) is 25.2. The Kier molecular flexibility index (Phi) is 8.28. The average molecular weight is 546 g/mol. The minimum absolute atomic E-state index is 0.329. The molecule has 0 radical (unpaired) electrons. The van der Waals surface area contributed by atoms with Gasteiger partial charge in [0.05, 0.1) is 22.1 Å². The number of aryl methyl sites for hydroxylation is 1. The molecule has 0 aliphatic rings. The van der Waals surface area contributed by atoms with Gasteiger partial charge in [-0.3, -0.25) is 0 Å². The lowest BCUT2D eigenvalue weighted by Gasteiger charge is -2.33. The molecule has 34 heavy (non-hydrogen) atoms. The van der Waals surface area contributed by atoms with Crippen molar-refractivity contribution in [3.8, 4) is 0 Å². The van der Waals surface area contributed by atoms with E-state index < -0.39 is 0 Å². The normalized spacial score (nSPS) is 12.8. The number of halogens is 3. The van der Waals surface area contributed by atoms with Gasteiger partial charge in [-0.1, -0.05) is 89.4 Å². The maximum atomic E-state index is 6.87. The molecule has 0 aliphatic carbocycles. The summed E-state index contributed by atoms with van der Waals surface area (Å²) >= 11 is 29.4. The summed E-state index contributed by atoms with van der Waals surface area (Å²) in [5, 5.41) is 8.96. The van der Waals surface area contributed by atoms with Crippen LogP contribution in [-0.4, -0.2) is 0 Å². The number of rotatable bonds is 7. The van der Waals surface area contributed by atoms with E-state index in [9.17, 15) is 0 Å². The number of para-hydroxylation sites is 2. The first-order valence-corrected chi connectivity index (χ1v) is 12.7. The lowest BCUT2D eigenvalue weighted by atomic mass is 9.91. The van der Waals surface area contributed by atoms with E-state index in [4.69, 9.17) is 34.8 Å². The third-order valence-corrected chi connectivity index (χ3v) is 7.77. The van der Waals surface area contributed by atoms with Crippen molar-refractivity contribution in [2.24, 2.45) is 0 Å². The van der Waals surface area contributed by atoms with Crippen molar-refractivity contribution in [3.63, 3.8) is 0 Å². The minimum atomic E-state index is -0.355. The van der Waals surface area contributed by atoms with Gasteiger partial charge in [-0.05, 0) is 53.9 Å². The highest BCUT2D eigenvalue weighted by Crippen LogP contribution is 2.43. The van der Waals surface area contributed by atoms with E-state index >= 15 is 0 Å². The molecule has 7 heteroatoms. The summed E-state index contributed by atoms with van der Waals surface area (Å²) in [4.78, 5) is 1.64. The summed E-state index contributed by atoms with van der Waals surface area (Å²) in [5.41, 5.74) is 4.47. The number of thiol groups is 2. The highest BCUT2D eigenvalue weighted by atomic mass is 35.5. The van der Waals surface area contributed by atoms with Crippen LogP contribution >= 0.6 is 60.1 Å². The molecule has 0 aromatic heterocycles. The van der Waals surface area contributed by atoms with E-state index in [2.05, 4.69) is 35.9 Å². The molecule has 0 aliphatic heterocycles. The first-order valence-electron chi connectivity index (χ1n) is 10.6. The molecular weight excluding hydrogens is 523 g/mol. The maximum absolute atomic E-state index is 6.87. The Labute approximate surface area is 226 Å². The van der Waals surface area contributed by atoms with E-state index in [1.54, 1.807) is 6.07 Å². The fourth-order valence-electron chi connectivity index (χ4n) is 3.88. The Morgan fingerprint density at radius 1 is 0.588 bits per heavy atom. The molecule has 0 heterocycles. The van der Waals surface area contributed by atoms with E-state index in [-0.39, 0.29) is 12.1 Å². The van der Waals surface area contributed by atoms with Gasteiger partial charge in [0.15, 0.2) is 0 Å². The summed E-state index contributed by atoms with van der Waals surface area (Å²) in [7, 11) is 0. The molecule has 2 N–H and O–H groups in total. The van der Waals surface area contributed by atoms with Crippen molar-refractivity contribution < 1.29 is 0 Å². The second-order valence-corrected chi connectivity index (χ2v) is 10.0. The monoisotopic (exact) mass is 544 g/mol. The van der Waals surface area contributed by atoms with Crippen LogP contribution in [0.1, 0.15) is 28.8 Å². The first-order chi connectivity index (χ1) is 16.4. The third-order valence-electron chi connectivity index (χ3n) is 5.64. The van der Waals surface area contributed by atoms with E-state index in [1.165, 1.54) is 0 Å². The summed E-state index contributed by atoms with van der Waals surface area (Å²) in [5.74, 6) is 0. The molecular formula is C27H23Cl3N2S2. The van der Waals surface area contributed by atoms with Gasteiger partial charge in [0, 0.05) is 26.2 Å². The molecule has 2 atom stereocenters. The van der Waals surface area contributed by atoms with Crippen molar-refractivity contribution in [1.29, 1.82) is 0 Å². The van der Waals surface area contributed by atoms with Crippen LogP contribution in [0.5, 0.6) is 0 Å². The van der Waals surface area contributed by atoms with Crippen LogP contribution in [0.3, 0.4) is 0 Å². The molecule has 0 saturated carbocycles. The molecule has 0 saturated heterocycles. The van der Waals surface area contributed by atoms with Gasteiger partial charge in [-0.25, -0.2) is 0 Å². The number of hydrogen-bond acceptors (Lipinski definition) is 4. The van der Waals surface area contributed by atoms with Gasteiger partial charge in [-0.2, -0.15) is 0 Å². The Bertz CT molecular complexity index is 1210. The highest BCUT2D eigenvalue weighted by Gasteiger charge is 2.30. The van der Waals surface area contributed by atoms with Gasteiger partial charge in [-0.15, -0.1) is 25.3 Å². The molecule has 0 bridgehead atoms. The van der Waals surface area contributed by atoms with Gasteiger partial charge in [0.25, 0.3) is 0 Å². The van der Waals surface area contributed by atoms with Gasteiger partial charge < -0.3 is 10.6 Å². The Balaban J connectivity index is 1.93. The van der Waals surface area contributed by atoms with Crippen LogP contribution in [0, 0.1) is 6.92 Å². The third kappa shape index (κ3) is 5.48. The predicted molar refractivity (Wildman–Crippen MR) is 153 cm³/mol. The van der Waals surface area contributed by atoms with E-state index in [0.717, 1.165) is 37.9 Å². The minimum Gasteiger partial charge on any atom is -0.375 e. The molecule has 2 nitrogen and oxygen atoms in total. The smallest absolute Gasteiger partial charge is 0.0773 e. The molecule has 4 aromatic carbocycles. The van der Waals surface area contributed by atoms with Crippen molar-refractivity contribution in [2.45, 2.75) is 28.8 Å². The quantitative estimate of drug-likeness (QED) is 0.174. The highest BCUT2D eigenvalue weighted by molar-refractivity contribution is 7.80. The van der Waals surface area contributed by atoms with E-state index in [0.29, 0.717) is 15.1 Å². The summed E-state index contributed by atoms with van der Waals surface area (Å²) in [6.45, 7) is 1.99. The molecule has 0 spiro atoms. The molecule has 0 fully saturated rings. The molecule has 0 amide bonds. The molecule has 4 aromatic rings. The number of nitrogens with one attached hydrogen (secondary N) is 2. The zero-order valence-electron chi connectivity index (χ0n) is 18.3.